The van der Waals surface area contributed by atoms with Gasteiger partial charge in [0, 0.05) is 6.08 Å². The van der Waals surface area contributed by atoms with Gasteiger partial charge in [0.2, 0.25) is 5.91 Å². The molecule has 0 unspecified atom stereocenters. The zero-order chi connectivity index (χ0) is 17.7. The van der Waals surface area contributed by atoms with E-state index >= 15 is 0 Å². The van der Waals surface area contributed by atoms with Crippen molar-refractivity contribution >= 4 is 17.4 Å². The number of halogens is 3. The van der Waals surface area contributed by atoms with E-state index in [1.54, 1.807) is 6.92 Å². The predicted octanol–water partition coefficient (Wildman–Crippen LogP) is 3.18. The summed E-state index contributed by atoms with van der Waals surface area (Å²) in [7, 11) is 0. The Balaban J connectivity index is 1.84. The fraction of sp³-hybridized carbons (Fsp3) is 0.412. The average molecular weight is 341 g/mol. The molecule has 1 amide bonds. The molecule has 0 radical (unpaired) electrons. The summed E-state index contributed by atoms with van der Waals surface area (Å²) in [6.07, 6.45) is -1.03. The van der Waals surface area contributed by atoms with Crippen molar-refractivity contribution in [1.29, 1.82) is 0 Å². The molecule has 130 valence electrons. The number of benzene rings is 1. The fourth-order valence-electron chi connectivity index (χ4n) is 1.96. The van der Waals surface area contributed by atoms with Gasteiger partial charge < -0.3 is 10.1 Å². The molecule has 7 heteroatoms. The number of esters is 1. The van der Waals surface area contributed by atoms with Crippen LogP contribution in [0.1, 0.15) is 30.9 Å². The van der Waals surface area contributed by atoms with Crippen LogP contribution in [0.4, 0.5) is 13.2 Å². The molecule has 1 fully saturated rings. The number of carbonyl (C=O) groups excluding carboxylic acids is 2. The standard InChI is InChI=1S/C17H18F3NO3/c1-11(13-4-6-14(7-5-13)17(18,19)20)8-15(22)21-9-16(23)24-10-12-2-3-12/h4-8,12H,2-3,9-10H2,1H3,(H,21,22)/b11-8-. The van der Waals surface area contributed by atoms with E-state index in [4.69, 9.17) is 4.74 Å². The second-order valence-electron chi connectivity index (χ2n) is 5.75. The number of alkyl halides is 3. The van der Waals surface area contributed by atoms with E-state index in [1.165, 1.54) is 18.2 Å². The number of allylic oxidation sites excluding steroid dienone is 1. The van der Waals surface area contributed by atoms with Crippen molar-refractivity contribution in [2.24, 2.45) is 5.92 Å². The van der Waals surface area contributed by atoms with Crippen LogP contribution in [0.25, 0.3) is 5.57 Å². The molecular weight excluding hydrogens is 323 g/mol. The highest BCUT2D eigenvalue weighted by Gasteiger charge is 2.30. The van der Waals surface area contributed by atoms with Crippen molar-refractivity contribution < 1.29 is 27.5 Å². The third-order valence-corrected chi connectivity index (χ3v) is 3.60. The van der Waals surface area contributed by atoms with Crippen LogP contribution in [0, 0.1) is 5.92 Å². The number of nitrogens with one attached hydrogen (secondary N) is 1. The number of rotatable bonds is 6. The van der Waals surface area contributed by atoms with Crippen LogP contribution in [-0.4, -0.2) is 25.0 Å². The molecule has 0 aromatic heterocycles. The monoisotopic (exact) mass is 341 g/mol. The highest BCUT2D eigenvalue weighted by molar-refractivity contribution is 5.96. The van der Waals surface area contributed by atoms with Crippen LogP contribution in [-0.2, 0) is 20.5 Å². The van der Waals surface area contributed by atoms with Gasteiger partial charge in [-0.3, -0.25) is 9.59 Å². The van der Waals surface area contributed by atoms with Gasteiger partial charge in [0.25, 0.3) is 0 Å². The topological polar surface area (TPSA) is 55.4 Å². The Morgan fingerprint density at radius 3 is 2.42 bits per heavy atom. The Kier molecular flexibility index (Phi) is 5.64. The third kappa shape index (κ3) is 5.72. The van der Waals surface area contributed by atoms with Crippen LogP contribution in [0.2, 0.25) is 0 Å². The molecule has 1 aromatic carbocycles. The highest BCUT2D eigenvalue weighted by Crippen LogP contribution is 2.30. The number of amides is 1. The number of ether oxygens (including phenoxy) is 1. The van der Waals surface area contributed by atoms with E-state index in [0.717, 1.165) is 25.0 Å². The third-order valence-electron chi connectivity index (χ3n) is 3.60. The SMILES string of the molecule is C/C(=C/C(=O)NCC(=O)OCC1CC1)c1ccc(C(F)(F)F)cc1. The zero-order valence-electron chi connectivity index (χ0n) is 13.2. The molecule has 1 aliphatic rings. The molecule has 1 N–H and O–H groups in total. The highest BCUT2D eigenvalue weighted by atomic mass is 19.4. The lowest BCUT2D eigenvalue weighted by atomic mass is 10.0. The predicted molar refractivity (Wildman–Crippen MR) is 81.8 cm³/mol. The summed E-state index contributed by atoms with van der Waals surface area (Å²) < 4.78 is 42.5. The maximum Gasteiger partial charge on any atom is 0.416 e. The van der Waals surface area contributed by atoms with Gasteiger partial charge in [-0.25, -0.2) is 0 Å². The summed E-state index contributed by atoms with van der Waals surface area (Å²) in [5.74, 6) is -0.557. The Morgan fingerprint density at radius 1 is 1.25 bits per heavy atom. The largest absolute Gasteiger partial charge is 0.464 e. The molecule has 0 heterocycles. The summed E-state index contributed by atoms with van der Waals surface area (Å²) in [4.78, 5) is 23.1. The van der Waals surface area contributed by atoms with Crippen molar-refractivity contribution in [3.63, 3.8) is 0 Å². The van der Waals surface area contributed by atoms with Gasteiger partial charge in [0.05, 0.1) is 12.2 Å². The Labute approximate surface area is 137 Å². The minimum absolute atomic E-state index is 0.234. The van der Waals surface area contributed by atoms with Gasteiger partial charge in [-0.1, -0.05) is 12.1 Å². The summed E-state index contributed by atoms with van der Waals surface area (Å²) in [5, 5.41) is 2.39. The van der Waals surface area contributed by atoms with Gasteiger partial charge in [-0.05, 0) is 49.0 Å². The molecule has 2 rings (SSSR count). The Bertz CT molecular complexity index is 631. The van der Waals surface area contributed by atoms with E-state index < -0.39 is 23.6 Å². The normalized spacial score (nSPS) is 15.1. The van der Waals surface area contributed by atoms with E-state index in [9.17, 15) is 22.8 Å². The van der Waals surface area contributed by atoms with Crippen molar-refractivity contribution in [3.8, 4) is 0 Å². The first-order valence-electron chi connectivity index (χ1n) is 7.55. The first-order valence-corrected chi connectivity index (χ1v) is 7.55. The lowest BCUT2D eigenvalue weighted by Gasteiger charge is -2.08. The maximum absolute atomic E-state index is 12.5. The maximum atomic E-state index is 12.5. The van der Waals surface area contributed by atoms with Gasteiger partial charge >= 0.3 is 12.1 Å². The summed E-state index contributed by atoms with van der Waals surface area (Å²) in [5.41, 5.74) is 0.240. The van der Waals surface area contributed by atoms with E-state index in [1.807, 2.05) is 0 Å². The van der Waals surface area contributed by atoms with E-state index in [0.29, 0.717) is 23.7 Å². The fourth-order valence-corrected chi connectivity index (χ4v) is 1.96. The van der Waals surface area contributed by atoms with Crippen LogP contribution < -0.4 is 5.32 Å². The van der Waals surface area contributed by atoms with E-state index in [2.05, 4.69) is 5.32 Å². The number of hydrogen-bond acceptors (Lipinski definition) is 3. The van der Waals surface area contributed by atoms with Crippen LogP contribution in [0.5, 0.6) is 0 Å². The molecule has 0 atom stereocenters. The summed E-state index contributed by atoms with van der Waals surface area (Å²) in [6.45, 7) is 1.76. The van der Waals surface area contributed by atoms with Gasteiger partial charge in [0.1, 0.15) is 6.54 Å². The number of hydrogen-bond donors (Lipinski definition) is 1. The minimum Gasteiger partial charge on any atom is -0.464 e. The molecule has 0 bridgehead atoms. The first-order chi connectivity index (χ1) is 11.3. The first kappa shape index (κ1) is 18.0. The minimum atomic E-state index is -4.39. The summed E-state index contributed by atoms with van der Waals surface area (Å²) >= 11 is 0. The molecule has 0 spiro atoms. The van der Waals surface area contributed by atoms with Gasteiger partial charge in [-0.15, -0.1) is 0 Å². The van der Waals surface area contributed by atoms with E-state index in [-0.39, 0.29) is 6.54 Å². The van der Waals surface area contributed by atoms with Crippen molar-refractivity contribution in [1.82, 2.24) is 5.32 Å². The zero-order valence-corrected chi connectivity index (χ0v) is 13.2. The lowest BCUT2D eigenvalue weighted by molar-refractivity contribution is -0.144. The van der Waals surface area contributed by atoms with Crippen LogP contribution in [0.3, 0.4) is 0 Å². The van der Waals surface area contributed by atoms with Gasteiger partial charge in [-0.2, -0.15) is 13.2 Å². The quantitative estimate of drug-likeness (QED) is 0.639. The van der Waals surface area contributed by atoms with Crippen LogP contribution >= 0.6 is 0 Å². The number of carbonyl (C=O) groups is 2. The second-order valence-corrected chi connectivity index (χ2v) is 5.75. The summed E-state index contributed by atoms with van der Waals surface area (Å²) in [6, 6.07) is 4.51. The molecule has 1 saturated carbocycles. The Hall–Kier alpha value is -2.31. The molecule has 0 aliphatic heterocycles. The van der Waals surface area contributed by atoms with Crippen molar-refractivity contribution in [2.45, 2.75) is 25.9 Å². The molecule has 4 nitrogen and oxygen atoms in total. The smallest absolute Gasteiger partial charge is 0.416 e. The molecule has 24 heavy (non-hydrogen) atoms. The van der Waals surface area contributed by atoms with Gasteiger partial charge in [0.15, 0.2) is 0 Å². The Morgan fingerprint density at radius 2 is 1.88 bits per heavy atom. The second kappa shape index (κ2) is 7.51. The molecule has 1 aromatic rings. The average Bonchev–Trinajstić information content (AvgIpc) is 3.34. The van der Waals surface area contributed by atoms with Crippen LogP contribution in [0.15, 0.2) is 30.3 Å². The molecular formula is C17H18F3NO3. The lowest BCUT2D eigenvalue weighted by Crippen LogP contribution is -2.29. The van der Waals surface area contributed by atoms with Crippen molar-refractivity contribution in [2.75, 3.05) is 13.2 Å². The van der Waals surface area contributed by atoms with Crippen molar-refractivity contribution in [3.05, 3.63) is 41.5 Å². The molecule has 1 aliphatic carbocycles. The molecule has 0 saturated heterocycles.